The summed E-state index contributed by atoms with van der Waals surface area (Å²) in [6, 6.07) is 11.1. The van der Waals surface area contributed by atoms with Gasteiger partial charge in [-0.3, -0.25) is 9.52 Å². The van der Waals surface area contributed by atoms with Crippen molar-refractivity contribution in [1.29, 1.82) is 0 Å². The molecule has 0 heterocycles. The molecule has 0 fully saturated rings. The Kier molecular flexibility index (Phi) is 8.55. The van der Waals surface area contributed by atoms with Gasteiger partial charge in [0, 0.05) is 17.8 Å². The van der Waals surface area contributed by atoms with E-state index in [1.54, 1.807) is 43.3 Å². The van der Waals surface area contributed by atoms with Gasteiger partial charge in [-0.05, 0) is 61.9 Å². The summed E-state index contributed by atoms with van der Waals surface area (Å²) in [4.78, 5) is 12.2. The first-order valence-electron chi connectivity index (χ1n) is 8.13. The number of carbonyl (C=O) groups excluding carboxylic acids is 1. The summed E-state index contributed by atoms with van der Waals surface area (Å²) >= 11 is 0. The van der Waals surface area contributed by atoms with E-state index in [0.29, 0.717) is 36.5 Å². The molecule has 27 heavy (non-hydrogen) atoms. The molecule has 0 unspecified atom stereocenters. The van der Waals surface area contributed by atoms with E-state index in [0.717, 1.165) is 0 Å². The van der Waals surface area contributed by atoms with Crippen LogP contribution in [-0.2, 0) is 10.0 Å². The quantitative estimate of drug-likeness (QED) is 0.575. The predicted octanol–water partition coefficient (Wildman–Crippen LogP) is 2.30. The second-order valence-corrected chi connectivity index (χ2v) is 7.36. The summed E-state index contributed by atoms with van der Waals surface area (Å²) in [7, 11) is -2.30. The van der Waals surface area contributed by atoms with Crippen molar-refractivity contribution in [3.8, 4) is 5.75 Å². The average Bonchev–Trinajstić information content (AvgIpc) is 2.62. The Balaban J connectivity index is 0.00000364. The highest BCUT2D eigenvalue weighted by Gasteiger charge is 2.19. The van der Waals surface area contributed by atoms with Gasteiger partial charge in [-0.15, -0.1) is 12.4 Å². The number of sulfonamides is 1. The first-order chi connectivity index (χ1) is 12.4. The van der Waals surface area contributed by atoms with Crippen LogP contribution in [0.15, 0.2) is 47.4 Å². The minimum Gasteiger partial charge on any atom is -0.497 e. The molecule has 4 N–H and O–H groups in total. The lowest BCUT2D eigenvalue weighted by molar-refractivity contribution is 0.0953. The summed E-state index contributed by atoms with van der Waals surface area (Å²) in [5, 5.41) is 2.71. The van der Waals surface area contributed by atoms with E-state index >= 15 is 0 Å². The fourth-order valence-electron chi connectivity index (χ4n) is 2.31. The molecule has 148 valence electrons. The van der Waals surface area contributed by atoms with Gasteiger partial charge in [0.15, 0.2) is 0 Å². The van der Waals surface area contributed by atoms with E-state index in [-0.39, 0.29) is 28.8 Å². The Morgan fingerprint density at radius 1 is 1.15 bits per heavy atom. The van der Waals surface area contributed by atoms with Gasteiger partial charge in [0.25, 0.3) is 15.9 Å². The Bertz CT molecular complexity index is 871. The van der Waals surface area contributed by atoms with Crippen LogP contribution in [0.3, 0.4) is 0 Å². The molecule has 0 atom stereocenters. The molecule has 0 saturated heterocycles. The van der Waals surface area contributed by atoms with E-state index in [2.05, 4.69) is 10.0 Å². The molecule has 0 saturated carbocycles. The fraction of sp³-hybridized carbons (Fsp3) is 0.278. The molecule has 0 radical (unpaired) electrons. The van der Waals surface area contributed by atoms with Crippen LogP contribution >= 0.6 is 12.4 Å². The minimum absolute atomic E-state index is 0. The normalized spacial score (nSPS) is 10.6. The zero-order valence-electron chi connectivity index (χ0n) is 15.2. The lowest BCUT2D eigenvalue weighted by Crippen LogP contribution is -2.26. The monoisotopic (exact) mass is 413 g/mol. The average molecular weight is 414 g/mol. The molecular formula is C18H24ClN3O4S. The first kappa shape index (κ1) is 22.8. The second kappa shape index (κ2) is 10.1. The topological polar surface area (TPSA) is 111 Å². The standard InChI is InChI=1S/C18H23N3O4S.ClH/c1-13-4-5-14(18(22)20-11-3-10-19)12-17(13)26(23,24)21-15-6-8-16(25-2)9-7-15;/h4-9,12,21H,3,10-11,19H2,1-2H3,(H,20,22);1H. The van der Waals surface area contributed by atoms with Crippen molar-refractivity contribution < 1.29 is 17.9 Å². The number of amides is 1. The molecule has 1 amide bonds. The SMILES string of the molecule is COc1ccc(NS(=O)(=O)c2cc(C(=O)NCCCN)ccc2C)cc1.Cl. The van der Waals surface area contributed by atoms with E-state index in [9.17, 15) is 13.2 Å². The molecule has 0 bridgehead atoms. The lowest BCUT2D eigenvalue weighted by Gasteiger charge is -2.12. The van der Waals surface area contributed by atoms with E-state index < -0.39 is 10.0 Å². The zero-order valence-corrected chi connectivity index (χ0v) is 16.8. The van der Waals surface area contributed by atoms with E-state index in [1.807, 2.05) is 0 Å². The summed E-state index contributed by atoms with van der Waals surface area (Å²) in [5.74, 6) is 0.291. The third-order valence-corrected chi connectivity index (χ3v) is 5.27. The van der Waals surface area contributed by atoms with Gasteiger partial charge >= 0.3 is 0 Å². The summed E-state index contributed by atoms with van der Waals surface area (Å²) < 4.78 is 33.0. The Morgan fingerprint density at radius 3 is 2.41 bits per heavy atom. The van der Waals surface area contributed by atoms with Crippen molar-refractivity contribution in [2.75, 3.05) is 24.9 Å². The Hall–Kier alpha value is -2.29. The van der Waals surface area contributed by atoms with Crippen LogP contribution in [0.4, 0.5) is 5.69 Å². The van der Waals surface area contributed by atoms with Gasteiger partial charge in [-0.2, -0.15) is 0 Å². The van der Waals surface area contributed by atoms with Crippen molar-refractivity contribution in [2.24, 2.45) is 5.73 Å². The minimum atomic E-state index is -3.84. The number of hydrogen-bond donors (Lipinski definition) is 3. The molecule has 2 aromatic carbocycles. The summed E-state index contributed by atoms with van der Waals surface area (Å²) in [6.45, 7) is 2.59. The Labute approximate surface area is 165 Å². The lowest BCUT2D eigenvalue weighted by atomic mass is 10.1. The molecule has 0 aliphatic rings. The van der Waals surface area contributed by atoms with Crippen molar-refractivity contribution in [1.82, 2.24) is 5.32 Å². The van der Waals surface area contributed by atoms with Gasteiger partial charge in [0.05, 0.1) is 12.0 Å². The third-order valence-electron chi connectivity index (χ3n) is 3.75. The number of nitrogens with one attached hydrogen (secondary N) is 2. The van der Waals surface area contributed by atoms with Crippen LogP contribution < -0.4 is 20.5 Å². The van der Waals surface area contributed by atoms with E-state index in [1.165, 1.54) is 13.2 Å². The van der Waals surface area contributed by atoms with Crippen LogP contribution in [0.1, 0.15) is 22.3 Å². The van der Waals surface area contributed by atoms with Gasteiger partial charge in [0.2, 0.25) is 0 Å². The van der Waals surface area contributed by atoms with Gasteiger partial charge in [-0.25, -0.2) is 8.42 Å². The van der Waals surface area contributed by atoms with Crippen LogP contribution in [0.5, 0.6) is 5.75 Å². The molecule has 0 aliphatic carbocycles. The largest absolute Gasteiger partial charge is 0.497 e. The number of carbonyl (C=O) groups is 1. The smallest absolute Gasteiger partial charge is 0.262 e. The van der Waals surface area contributed by atoms with Gasteiger partial charge in [0.1, 0.15) is 5.75 Å². The fourth-order valence-corrected chi connectivity index (χ4v) is 3.64. The maximum atomic E-state index is 12.7. The highest BCUT2D eigenvalue weighted by Crippen LogP contribution is 2.22. The third kappa shape index (κ3) is 6.13. The molecular weight excluding hydrogens is 390 g/mol. The molecule has 0 aromatic heterocycles. The zero-order chi connectivity index (χ0) is 19.2. The van der Waals surface area contributed by atoms with Crippen LogP contribution in [0.2, 0.25) is 0 Å². The molecule has 0 spiro atoms. The highest BCUT2D eigenvalue weighted by atomic mass is 35.5. The van der Waals surface area contributed by atoms with Gasteiger partial charge < -0.3 is 15.8 Å². The molecule has 7 nitrogen and oxygen atoms in total. The summed E-state index contributed by atoms with van der Waals surface area (Å²) in [5.41, 5.74) is 6.63. The van der Waals surface area contributed by atoms with Crippen LogP contribution in [0.25, 0.3) is 0 Å². The number of rotatable bonds is 8. The number of hydrogen-bond acceptors (Lipinski definition) is 5. The molecule has 2 aromatic rings. The van der Waals surface area contributed by atoms with Crippen LogP contribution in [0, 0.1) is 6.92 Å². The molecule has 2 rings (SSSR count). The molecule has 9 heteroatoms. The van der Waals surface area contributed by atoms with Crippen molar-refractivity contribution in [2.45, 2.75) is 18.2 Å². The van der Waals surface area contributed by atoms with Crippen LogP contribution in [-0.4, -0.2) is 34.5 Å². The first-order valence-corrected chi connectivity index (χ1v) is 9.61. The number of nitrogens with two attached hydrogens (primary N) is 1. The Morgan fingerprint density at radius 2 is 1.81 bits per heavy atom. The van der Waals surface area contributed by atoms with Crippen molar-refractivity contribution in [3.63, 3.8) is 0 Å². The second-order valence-electron chi connectivity index (χ2n) is 5.71. The van der Waals surface area contributed by atoms with Crippen molar-refractivity contribution in [3.05, 3.63) is 53.6 Å². The van der Waals surface area contributed by atoms with E-state index in [4.69, 9.17) is 10.5 Å². The van der Waals surface area contributed by atoms with Crippen molar-refractivity contribution >= 4 is 34.0 Å². The highest BCUT2D eigenvalue weighted by molar-refractivity contribution is 7.92. The predicted molar refractivity (Wildman–Crippen MR) is 108 cm³/mol. The van der Waals surface area contributed by atoms with Gasteiger partial charge in [-0.1, -0.05) is 6.07 Å². The number of halogens is 1. The number of benzene rings is 2. The maximum Gasteiger partial charge on any atom is 0.262 e. The number of methoxy groups -OCH3 is 1. The molecule has 0 aliphatic heterocycles. The number of anilines is 1. The number of aryl methyl sites for hydroxylation is 1. The maximum absolute atomic E-state index is 12.7. The number of ether oxygens (including phenoxy) is 1. The summed E-state index contributed by atoms with van der Waals surface area (Å²) in [6.07, 6.45) is 0.655.